The molecule has 0 radical (unpaired) electrons. The van der Waals surface area contributed by atoms with Crippen LogP contribution in [-0.4, -0.2) is 35.2 Å². The maximum absolute atomic E-state index is 12.5. The number of amides is 2. The summed E-state index contributed by atoms with van der Waals surface area (Å²) < 4.78 is 37.4. The summed E-state index contributed by atoms with van der Waals surface area (Å²) in [4.78, 5) is 25.1. The molecule has 2 amide bonds. The zero-order valence-electron chi connectivity index (χ0n) is 11.6. The zero-order valence-corrected chi connectivity index (χ0v) is 11.6. The van der Waals surface area contributed by atoms with E-state index >= 15 is 0 Å². The minimum atomic E-state index is -4.50. The predicted molar refractivity (Wildman–Crippen MR) is 71.2 cm³/mol. The summed E-state index contributed by atoms with van der Waals surface area (Å²) >= 11 is 0. The van der Waals surface area contributed by atoms with Crippen molar-refractivity contribution in [3.63, 3.8) is 0 Å². The lowest BCUT2D eigenvalue weighted by Crippen LogP contribution is -2.37. The van der Waals surface area contributed by atoms with Crippen LogP contribution in [0.15, 0.2) is 18.2 Å². The van der Waals surface area contributed by atoms with Crippen molar-refractivity contribution in [3.8, 4) is 0 Å². The molecule has 0 aromatic carbocycles. The van der Waals surface area contributed by atoms with Gasteiger partial charge in [0.05, 0.1) is 0 Å². The Kier molecular flexibility index (Phi) is 6.61. The number of hydrogen-bond acceptors (Lipinski definition) is 3. The van der Waals surface area contributed by atoms with Gasteiger partial charge in [-0.2, -0.15) is 13.2 Å². The Balaban J connectivity index is 2.29. The Morgan fingerprint density at radius 2 is 1.86 bits per heavy atom. The number of rotatable bonds is 7. The lowest BCUT2D eigenvalue weighted by molar-refractivity contribution is -0.141. The van der Waals surface area contributed by atoms with E-state index in [0.29, 0.717) is 6.42 Å². The van der Waals surface area contributed by atoms with E-state index in [1.807, 2.05) is 0 Å². The molecule has 0 saturated carbocycles. The highest BCUT2D eigenvalue weighted by atomic mass is 19.4. The first-order valence-electron chi connectivity index (χ1n) is 6.55. The number of carbonyl (C=O) groups is 2. The van der Waals surface area contributed by atoms with Crippen LogP contribution in [0.1, 0.15) is 24.2 Å². The molecule has 0 unspecified atom stereocenters. The number of aliphatic carboxylic acids is 1. The number of carboxylic acid groups (broad SMARTS) is 1. The normalized spacial score (nSPS) is 11.0. The van der Waals surface area contributed by atoms with E-state index in [0.717, 1.165) is 6.07 Å². The maximum atomic E-state index is 12.5. The first-order valence-corrected chi connectivity index (χ1v) is 6.55. The molecule has 122 valence electrons. The van der Waals surface area contributed by atoms with Gasteiger partial charge in [0.2, 0.25) is 0 Å². The van der Waals surface area contributed by atoms with Gasteiger partial charge in [0.25, 0.3) is 0 Å². The van der Waals surface area contributed by atoms with Gasteiger partial charge in [-0.3, -0.25) is 4.79 Å². The largest absolute Gasteiger partial charge is 0.481 e. The Hall–Kier alpha value is -2.32. The number of urea groups is 1. The molecule has 3 N–H and O–H groups in total. The van der Waals surface area contributed by atoms with Crippen LogP contribution in [0.3, 0.4) is 0 Å². The summed E-state index contributed by atoms with van der Waals surface area (Å²) in [5.74, 6) is -0.946. The minimum absolute atomic E-state index is 0.0472. The quantitative estimate of drug-likeness (QED) is 0.668. The molecule has 1 aromatic rings. The van der Waals surface area contributed by atoms with Crippen molar-refractivity contribution < 1.29 is 27.9 Å². The van der Waals surface area contributed by atoms with E-state index < -0.39 is 23.9 Å². The summed E-state index contributed by atoms with van der Waals surface area (Å²) in [5, 5.41) is 13.3. The van der Waals surface area contributed by atoms with Gasteiger partial charge in [0.15, 0.2) is 0 Å². The molecule has 6 nitrogen and oxygen atoms in total. The third-order valence-electron chi connectivity index (χ3n) is 2.62. The molecule has 0 aliphatic carbocycles. The smallest absolute Gasteiger partial charge is 0.433 e. The number of nitrogens with zero attached hydrogens (tertiary/aromatic N) is 1. The standard InChI is InChI=1S/C13H16F3N3O3/c14-13(15,16)10-4-1-3-9(19-10)6-8-18-12(22)17-7-2-5-11(20)21/h1,3-4H,2,5-8H2,(H,20,21)(H2,17,18,22). The molecule has 0 atom stereocenters. The summed E-state index contributed by atoms with van der Waals surface area (Å²) in [7, 11) is 0. The van der Waals surface area contributed by atoms with Crippen LogP contribution in [0.5, 0.6) is 0 Å². The highest BCUT2D eigenvalue weighted by molar-refractivity contribution is 5.73. The van der Waals surface area contributed by atoms with Gasteiger partial charge in [-0.1, -0.05) is 6.07 Å². The first kappa shape index (κ1) is 17.7. The van der Waals surface area contributed by atoms with Crippen LogP contribution in [0.25, 0.3) is 0 Å². The highest BCUT2D eigenvalue weighted by Gasteiger charge is 2.32. The summed E-state index contributed by atoms with van der Waals surface area (Å²) in [5.41, 5.74) is -0.746. The third-order valence-corrected chi connectivity index (χ3v) is 2.62. The summed E-state index contributed by atoms with van der Waals surface area (Å²) in [6.45, 7) is 0.332. The Morgan fingerprint density at radius 1 is 1.18 bits per heavy atom. The number of pyridine rings is 1. The number of carboxylic acids is 1. The molecule has 1 rings (SSSR count). The molecule has 0 aliphatic heterocycles. The fraction of sp³-hybridized carbons (Fsp3) is 0.462. The fourth-order valence-corrected chi connectivity index (χ4v) is 1.58. The molecule has 0 spiro atoms. The Labute approximate surface area is 124 Å². The topological polar surface area (TPSA) is 91.3 Å². The van der Waals surface area contributed by atoms with Gasteiger partial charge in [-0.15, -0.1) is 0 Å². The predicted octanol–water partition coefficient (Wildman–Crippen LogP) is 1.81. The lowest BCUT2D eigenvalue weighted by Gasteiger charge is -2.09. The van der Waals surface area contributed by atoms with Crippen molar-refractivity contribution in [1.82, 2.24) is 15.6 Å². The van der Waals surface area contributed by atoms with Gasteiger partial charge in [0, 0.05) is 31.6 Å². The van der Waals surface area contributed by atoms with Gasteiger partial charge < -0.3 is 15.7 Å². The van der Waals surface area contributed by atoms with Crippen molar-refractivity contribution in [2.24, 2.45) is 0 Å². The number of hydrogen-bond donors (Lipinski definition) is 3. The van der Waals surface area contributed by atoms with Crippen molar-refractivity contribution in [1.29, 1.82) is 0 Å². The molecule has 1 aromatic heterocycles. The molecular weight excluding hydrogens is 303 g/mol. The van der Waals surface area contributed by atoms with E-state index in [1.165, 1.54) is 12.1 Å². The SMILES string of the molecule is O=C(O)CCCNC(=O)NCCc1cccc(C(F)(F)F)n1. The molecule has 22 heavy (non-hydrogen) atoms. The van der Waals surface area contributed by atoms with Crippen molar-refractivity contribution in [3.05, 3.63) is 29.6 Å². The summed E-state index contributed by atoms with van der Waals surface area (Å²) in [6, 6.07) is 3.09. The highest BCUT2D eigenvalue weighted by Crippen LogP contribution is 2.27. The van der Waals surface area contributed by atoms with Crippen LogP contribution in [0, 0.1) is 0 Å². The van der Waals surface area contributed by atoms with Crippen LogP contribution in [0.4, 0.5) is 18.0 Å². The van der Waals surface area contributed by atoms with Gasteiger partial charge in [-0.25, -0.2) is 9.78 Å². The van der Waals surface area contributed by atoms with E-state index in [4.69, 9.17) is 5.11 Å². The molecule has 9 heteroatoms. The van der Waals surface area contributed by atoms with Crippen LogP contribution in [-0.2, 0) is 17.4 Å². The minimum Gasteiger partial charge on any atom is -0.481 e. The molecule has 0 saturated heterocycles. The molecule has 0 fully saturated rings. The van der Waals surface area contributed by atoms with Crippen molar-refractivity contribution in [2.45, 2.75) is 25.4 Å². The van der Waals surface area contributed by atoms with Gasteiger partial charge in [0.1, 0.15) is 5.69 Å². The van der Waals surface area contributed by atoms with E-state index in [-0.39, 0.29) is 31.6 Å². The van der Waals surface area contributed by atoms with Gasteiger partial charge >= 0.3 is 18.2 Å². The number of halogens is 3. The van der Waals surface area contributed by atoms with E-state index in [9.17, 15) is 22.8 Å². The lowest BCUT2D eigenvalue weighted by atomic mass is 10.2. The van der Waals surface area contributed by atoms with Crippen LogP contribution in [0.2, 0.25) is 0 Å². The number of alkyl halides is 3. The van der Waals surface area contributed by atoms with Crippen LogP contribution < -0.4 is 10.6 Å². The van der Waals surface area contributed by atoms with E-state index in [2.05, 4.69) is 15.6 Å². The second kappa shape index (κ2) is 8.20. The molecular formula is C13H16F3N3O3. The Bertz CT molecular complexity index is 521. The van der Waals surface area contributed by atoms with Crippen molar-refractivity contribution >= 4 is 12.0 Å². The number of carbonyl (C=O) groups excluding carboxylic acids is 1. The zero-order chi connectivity index (χ0) is 16.6. The van der Waals surface area contributed by atoms with Crippen molar-refractivity contribution in [2.75, 3.05) is 13.1 Å². The van der Waals surface area contributed by atoms with Gasteiger partial charge in [-0.05, 0) is 18.6 Å². The first-order chi connectivity index (χ1) is 10.3. The molecule has 0 aliphatic rings. The number of nitrogens with one attached hydrogen (secondary N) is 2. The van der Waals surface area contributed by atoms with Crippen LogP contribution >= 0.6 is 0 Å². The third kappa shape index (κ3) is 6.91. The monoisotopic (exact) mass is 319 g/mol. The fourth-order valence-electron chi connectivity index (χ4n) is 1.58. The second-order valence-corrected chi connectivity index (χ2v) is 4.44. The second-order valence-electron chi connectivity index (χ2n) is 4.44. The maximum Gasteiger partial charge on any atom is 0.433 e. The Morgan fingerprint density at radius 3 is 2.50 bits per heavy atom. The van der Waals surface area contributed by atoms with E-state index in [1.54, 1.807) is 0 Å². The molecule has 1 heterocycles. The number of aromatic nitrogens is 1. The average molecular weight is 319 g/mol. The summed E-state index contributed by atoms with van der Waals surface area (Å²) in [6.07, 6.45) is -4.08. The molecule has 0 bridgehead atoms. The average Bonchev–Trinajstić information content (AvgIpc) is 2.43.